The third kappa shape index (κ3) is 3.38. The fourth-order valence-electron chi connectivity index (χ4n) is 4.58. The van der Waals surface area contributed by atoms with Crippen LogP contribution in [0.15, 0.2) is 59.9 Å². The lowest BCUT2D eigenvalue weighted by Gasteiger charge is -2.30. The number of hydrogen-bond donors (Lipinski definition) is 2. The zero-order valence-corrected chi connectivity index (χ0v) is 18.0. The van der Waals surface area contributed by atoms with Gasteiger partial charge in [-0.15, -0.1) is 5.10 Å². The largest absolute Gasteiger partial charge is 0.345 e. The second-order valence-electron chi connectivity index (χ2n) is 8.29. The molecule has 0 spiro atoms. The molecule has 2 N–H and O–H groups in total. The van der Waals surface area contributed by atoms with E-state index >= 15 is 0 Å². The van der Waals surface area contributed by atoms with Gasteiger partial charge in [0.15, 0.2) is 0 Å². The number of benzene rings is 2. The lowest BCUT2D eigenvalue weighted by molar-refractivity contribution is 0.196. The fraction of sp³-hybridized carbons (Fsp3) is 0.208. The van der Waals surface area contributed by atoms with E-state index in [1.165, 1.54) is 0 Å². The molecule has 2 aromatic carbocycles. The molecule has 0 bridgehead atoms. The van der Waals surface area contributed by atoms with Crippen molar-refractivity contribution in [1.82, 2.24) is 35.2 Å². The summed E-state index contributed by atoms with van der Waals surface area (Å²) in [6.07, 6.45) is 6.50. The Bertz CT molecular complexity index is 1510. The minimum Gasteiger partial charge on any atom is -0.345 e. The SMILES string of the molecule is Cc1cccc(C2C(=NCn3nnc4ccccc43)NC(=O)N2C2C=c3[nH]cnc3=CC2)c1. The van der Waals surface area contributed by atoms with Crippen molar-refractivity contribution in [1.29, 1.82) is 0 Å². The van der Waals surface area contributed by atoms with Crippen molar-refractivity contribution in [2.24, 2.45) is 4.99 Å². The molecule has 0 saturated carbocycles. The number of H-pyrrole nitrogens is 1. The molecule has 2 aliphatic rings. The smallest absolute Gasteiger partial charge is 0.324 e. The van der Waals surface area contributed by atoms with E-state index in [1.54, 1.807) is 11.0 Å². The number of carbonyl (C=O) groups excluding carboxylic acids is 1. The fourth-order valence-corrected chi connectivity index (χ4v) is 4.58. The van der Waals surface area contributed by atoms with Gasteiger partial charge in [0, 0.05) is 0 Å². The maximum Gasteiger partial charge on any atom is 0.324 e. The van der Waals surface area contributed by atoms with Crippen molar-refractivity contribution in [3.8, 4) is 0 Å². The first-order valence-corrected chi connectivity index (χ1v) is 10.9. The number of para-hydroxylation sites is 1. The standard InChI is InChI=1S/C24H22N8O/c1-15-5-4-6-16(11-15)22-23(27-14-31-21-8-3-2-7-19(21)29-30-31)28-24(33)32(22)17-9-10-18-20(12-17)26-13-25-18/h2-8,10-13,17,22H,9,14H2,1H3,(H,25,26)(H,27,28,33). The van der Waals surface area contributed by atoms with Gasteiger partial charge in [-0.2, -0.15) is 0 Å². The minimum absolute atomic E-state index is 0.122. The highest BCUT2D eigenvalue weighted by molar-refractivity contribution is 6.08. The van der Waals surface area contributed by atoms with E-state index in [-0.39, 0.29) is 24.8 Å². The summed E-state index contributed by atoms with van der Waals surface area (Å²) in [6.45, 7) is 2.31. The van der Waals surface area contributed by atoms with Gasteiger partial charge in [0.2, 0.25) is 0 Å². The van der Waals surface area contributed by atoms with E-state index in [1.807, 2.05) is 54.3 Å². The van der Waals surface area contributed by atoms with Crippen LogP contribution >= 0.6 is 0 Å². The van der Waals surface area contributed by atoms with Crippen LogP contribution in [0.4, 0.5) is 4.79 Å². The first-order valence-electron chi connectivity index (χ1n) is 10.9. The van der Waals surface area contributed by atoms with Gasteiger partial charge in [-0.1, -0.05) is 53.3 Å². The van der Waals surface area contributed by atoms with Gasteiger partial charge in [-0.05, 0) is 37.1 Å². The van der Waals surface area contributed by atoms with E-state index in [2.05, 4.69) is 43.8 Å². The van der Waals surface area contributed by atoms with Crippen LogP contribution in [0.5, 0.6) is 0 Å². The summed E-state index contributed by atoms with van der Waals surface area (Å²) in [6, 6.07) is 15.3. The van der Waals surface area contributed by atoms with Gasteiger partial charge in [-0.3, -0.25) is 5.32 Å². The molecule has 6 rings (SSSR count). The Labute approximate surface area is 189 Å². The summed E-state index contributed by atoms with van der Waals surface area (Å²) in [5.74, 6) is 0.606. The Hall–Kier alpha value is -4.27. The number of aromatic nitrogens is 5. The van der Waals surface area contributed by atoms with E-state index in [9.17, 15) is 4.79 Å². The summed E-state index contributed by atoms with van der Waals surface area (Å²) < 4.78 is 1.74. The number of amidine groups is 1. The highest BCUT2D eigenvalue weighted by Gasteiger charge is 2.41. The number of imidazole rings is 1. The van der Waals surface area contributed by atoms with Crippen LogP contribution in [0.25, 0.3) is 23.2 Å². The molecule has 1 aliphatic heterocycles. The van der Waals surface area contributed by atoms with Gasteiger partial charge in [-0.25, -0.2) is 19.5 Å². The Morgan fingerprint density at radius 1 is 1.18 bits per heavy atom. The number of rotatable bonds is 4. The van der Waals surface area contributed by atoms with Gasteiger partial charge < -0.3 is 9.88 Å². The molecule has 2 aromatic heterocycles. The summed E-state index contributed by atoms with van der Waals surface area (Å²) in [7, 11) is 0. The van der Waals surface area contributed by atoms with Crippen molar-refractivity contribution in [3.05, 3.63) is 76.7 Å². The maximum absolute atomic E-state index is 13.2. The number of urea groups is 1. The van der Waals surface area contributed by atoms with Crippen molar-refractivity contribution in [3.63, 3.8) is 0 Å². The van der Waals surface area contributed by atoms with E-state index in [0.29, 0.717) is 12.3 Å². The zero-order chi connectivity index (χ0) is 22.4. The monoisotopic (exact) mass is 438 g/mol. The molecule has 164 valence electrons. The maximum atomic E-state index is 13.2. The third-order valence-corrected chi connectivity index (χ3v) is 6.13. The number of carbonyl (C=O) groups is 1. The average Bonchev–Trinajstić information content (AvgIpc) is 3.54. The highest BCUT2D eigenvalue weighted by atomic mass is 16.2. The van der Waals surface area contributed by atoms with Crippen LogP contribution in [0, 0.1) is 6.92 Å². The Morgan fingerprint density at radius 3 is 3.00 bits per heavy atom. The predicted molar refractivity (Wildman–Crippen MR) is 124 cm³/mol. The van der Waals surface area contributed by atoms with Crippen LogP contribution in [-0.2, 0) is 6.67 Å². The molecular formula is C24H22N8O. The van der Waals surface area contributed by atoms with E-state index in [4.69, 9.17) is 4.99 Å². The predicted octanol–water partition coefficient (Wildman–Crippen LogP) is 1.62. The Morgan fingerprint density at radius 2 is 2.09 bits per heavy atom. The van der Waals surface area contributed by atoms with Gasteiger partial charge in [0.25, 0.3) is 0 Å². The number of fused-ring (bicyclic) bond motifs is 2. The third-order valence-electron chi connectivity index (χ3n) is 6.13. The molecule has 4 aromatic rings. The zero-order valence-electron chi connectivity index (χ0n) is 18.0. The molecule has 3 heterocycles. The summed E-state index contributed by atoms with van der Waals surface area (Å²) in [5.41, 5.74) is 3.85. The van der Waals surface area contributed by atoms with Gasteiger partial charge >= 0.3 is 6.03 Å². The number of aryl methyl sites for hydroxylation is 1. The normalized spacial score (nSPS) is 21.1. The molecule has 2 atom stereocenters. The van der Waals surface area contributed by atoms with Crippen LogP contribution in [0.1, 0.15) is 23.6 Å². The van der Waals surface area contributed by atoms with Gasteiger partial charge in [0.05, 0.1) is 28.6 Å². The van der Waals surface area contributed by atoms with E-state index in [0.717, 1.165) is 32.9 Å². The molecular weight excluding hydrogens is 416 g/mol. The number of aliphatic imine (C=N–C) groups is 1. The minimum atomic E-state index is -0.327. The first kappa shape index (κ1) is 19.4. The highest BCUT2D eigenvalue weighted by Crippen LogP contribution is 2.31. The van der Waals surface area contributed by atoms with E-state index < -0.39 is 0 Å². The quantitative estimate of drug-likeness (QED) is 0.505. The number of aromatic amines is 1. The summed E-state index contributed by atoms with van der Waals surface area (Å²) >= 11 is 0. The molecule has 2 amide bonds. The first-order chi connectivity index (χ1) is 16.2. The lowest BCUT2D eigenvalue weighted by Crippen LogP contribution is -2.43. The Kier molecular flexibility index (Phi) is 4.53. The number of nitrogens with zero attached hydrogens (tertiary/aromatic N) is 6. The number of hydrogen-bond acceptors (Lipinski definition) is 5. The molecule has 1 aliphatic carbocycles. The van der Waals surface area contributed by atoms with Crippen LogP contribution in [0.3, 0.4) is 0 Å². The number of amides is 2. The second-order valence-corrected chi connectivity index (χ2v) is 8.29. The number of nitrogens with one attached hydrogen (secondary N) is 2. The van der Waals surface area contributed by atoms with Crippen LogP contribution in [0.2, 0.25) is 0 Å². The van der Waals surface area contributed by atoms with Gasteiger partial charge in [0.1, 0.15) is 24.1 Å². The van der Waals surface area contributed by atoms with Crippen molar-refractivity contribution >= 4 is 35.1 Å². The Balaban J connectivity index is 1.40. The van der Waals surface area contributed by atoms with Crippen LogP contribution in [-0.4, -0.2) is 47.8 Å². The molecule has 33 heavy (non-hydrogen) atoms. The molecule has 9 nitrogen and oxygen atoms in total. The molecule has 2 unspecified atom stereocenters. The topological polar surface area (TPSA) is 104 Å². The second kappa shape index (κ2) is 7.70. The van der Waals surface area contributed by atoms with Crippen LogP contribution < -0.4 is 16.0 Å². The summed E-state index contributed by atoms with van der Waals surface area (Å²) in [4.78, 5) is 27.4. The average molecular weight is 438 g/mol. The van der Waals surface area contributed by atoms with Crippen molar-refractivity contribution < 1.29 is 4.79 Å². The summed E-state index contributed by atoms with van der Waals surface area (Å²) in [5, 5.41) is 13.3. The van der Waals surface area contributed by atoms with Crippen molar-refractivity contribution in [2.45, 2.75) is 32.1 Å². The molecule has 9 heteroatoms. The van der Waals surface area contributed by atoms with Crippen molar-refractivity contribution in [2.75, 3.05) is 0 Å². The molecule has 1 fully saturated rings. The lowest BCUT2D eigenvalue weighted by atomic mass is 9.99. The molecule has 1 saturated heterocycles. The molecule has 0 radical (unpaired) electrons.